The van der Waals surface area contributed by atoms with Gasteiger partial charge < -0.3 is 9.47 Å². The highest BCUT2D eigenvalue weighted by Gasteiger charge is 2.21. The van der Waals surface area contributed by atoms with Crippen molar-refractivity contribution in [3.8, 4) is 11.5 Å². The Morgan fingerprint density at radius 3 is 1.41 bits per heavy atom. The summed E-state index contributed by atoms with van der Waals surface area (Å²) in [6.45, 7) is 7.37. The van der Waals surface area contributed by atoms with Crippen LogP contribution in [0.4, 0.5) is 0 Å². The molecular weight excluding hydrogens is 280 g/mol. The van der Waals surface area contributed by atoms with E-state index in [4.69, 9.17) is 9.47 Å². The summed E-state index contributed by atoms with van der Waals surface area (Å²) in [5.41, 5.74) is 3.43. The molecule has 2 aromatic carbocycles. The zero-order chi connectivity index (χ0) is 16.3. The van der Waals surface area contributed by atoms with Crippen molar-refractivity contribution in [3.05, 3.63) is 58.7 Å². The summed E-state index contributed by atoms with van der Waals surface area (Å²) in [4.78, 5) is 23.8. The molecule has 22 heavy (non-hydrogen) atoms. The standard InChI is InChI=1S/C18H18O4/c1-11-5-7-13(3)15(9-11)21-17(19)18(20)22-16-10-12(2)6-8-14(16)4/h5-10H,1-4H3. The quantitative estimate of drug-likeness (QED) is 0.484. The zero-order valence-corrected chi connectivity index (χ0v) is 13.1. The van der Waals surface area contributed by atoms with E-state index in [1.54, 1.807) is 26.0 Å². The number of carbonyl (C=O) groups excluding carboxylic acids is 2. The largest absolute Gasteiger partial charge is 0.423 e. The number of ether oxygens (including phenoxy) is 2. The van der Waals surface area contributed by atoms with Crippen molar-refractivity contribution in [2.75, 3.05) is 0 Å². The van der Waals surface area contributed by atoms with Gasteiger partial charge in [-0.3, -0.25) is 0 Å². The molecule has 2 aromatic rings. The van der Waals surface area contributed by atoms with Gasteiger partial charge >= 0.3 is 11.9 Å². The summed E-state index contributed by atoms with van der Waals surface area (Å²) < 4.78 is 10.2. The Labute approximate surface area is 129 Å². The molecule has 114 valence electrons. The summed E-state index contributed by atoms with van der Waals surface area (Å²) >= 11 is 0. The highest BCUT2D eigenvalue weighted by Crippen LogP contribution is 2.21. The van der Waals surface area contributed by atoms with E-state index in [2.05, 4.69) is 0 Å². The van der Waals surface area contributed by atoms with Gasteiger partial charge in [-0.2, -0.15) is 0 Å². The summed E-state index contributed by atoms with van der Waals surface area (Å²) in [6.07, 6.45) is 0. The fourth-order valence-electron chi connectivity index (χ4n) is 1.92. The number of hydrogen-bond donors (Lipinski definition) is 0. The van der Waals surface area contributed by atoms with Crippen molar-refractivity contribution >= 4 is 11.9 Å². The average molecular weight is 298 g/mol. The van der Waals surface area contributed by atoms with Crippen molar-refractivity contribution in [3.63, 3.8) is 0 Å². The maximum Gasteiger partial charge on any atom is 0.423 e. The van der Waals surface area contributed by atoms with E-state index >= 15 is 0 Å². The SMILES string of the molecule is Cc1ccc(C)c(OC(=O)C(=O)Oc2cc(C)ccc2C)c1. The summed E-state index contributed by atoms with van der Waals surface area (Å²) in [5.74, 6) is -1.34. The maximum absolute atomic E-state index is 11.9. The number of esters is 2. The molecule has 0 heterocycles. The molecule has 0 radical (unpaired) electrons. The molecule has 0 saturated heterocycles. The second kappa shape index (κ2) is 6.43. The Bertz CT molecular complexity index is 668. The van der Waals surface area contributed by atoms with Gasteiger partial charge in [0.05, 0.1) is 0 Å². The van der Waals surface area contributed by atoms with Gasteiger partial charge in [-0.1, -0.05) is 24.3 Å². The number of carbonyl (C=O) groups is 2. The van der Waals surface area contributed by atoms with Gasteiger partial charge in [0.2, 0.25) is 0 Å². The lowest BCUT2D eigenvalue weighted by atomic mass is 10.1. The van der Waals surface area contributed by atoms with Crippen molar-refractivity contribution in [2.45, 2.75) is 27.7 Å². The third-order valence-corrected chi connectivity index (χ3v) is 3.26. The molecule has 0 saturated carbocycles. The first-order valence-corrected chi connectivity index (χ1v) is 6.95. The van der Waals surface area contributed by atoms with E-state index in [1.807, 2.05) is 38.1 Å². The Balaban J connectivity index is 2.11. The van der Waals surface area contributed by atoms with E-state index in [0.717, 1.165) is 22.3 Å². The normalized spacial score (nSPS) is 10.2. The first kappa shape index (κ1) is 15.8. The third kappa shape index (κ3) is 3.73. The first-order chi connectivity index (χ1) is 10.4. The topological polar surface area (TPSA) is 52.6 Å². The van der Waals surface area contributed by atoms with Gasteiger partial charge in [0.1, 0.15) is 11.5 Å². The fourth-order valence-corrected chi connectivity index (χ4v) is 1.92. The Hall–Kier alpha value is -2.62. The predicted molar refractivity (Wildman–Crippen MR) is 83.1 cm³/mol. The molecule has 0 bridgehead atoms. The van der Waals surface area contributed by atoms with Crippen LogP contribution in [0, 0.1) is 27.7 Å². The van der Waals surface area contributed by atoms with Crippen LogP contribution in [0.25, 0.3) is 0 Å². The van der Waals surface area contributed by atoms with Gasteiger partial charge in [-0.15, -0.1) is 0 Å². The molecule has 0 fully saturated rings. The van der Waals surface area contributed by atoms with Crippen LogP contribution < -0.4 is 9.47 Å². The lowest BCUT2D eigenvalue weighted by Crippen LogP contribution is -2.26. The minimum Gasteiger partial charge on any atom is -0.418 e. The first-order valence-electron chi connectivity index (χ1n) is 6.95. The Morgan fingerprint density at radius 1 is 0.682 bits per heavy atom. The van der Waals surface area contributed by atoms with E-state index in [1.165, 1.54) is 0 Å². The molecular formula is C18H18O4. The molecule has 0 spiro atoms. The molecule has 4 heteroatoms. The van der Waals surface area contributed by atoms with Gasteiger partial charge in [0, 0.05) is 0 Å². The van der Waals surface area contributed by atoms with Crippen LogP contribution in [0.15, 0.2) is 36.4 Å². The van der Waals surface area contributed by atoms with Crippen LogP contribution in [0.1, 0.15) is 22.3 Å². The van der Waals surface area contributed by atoms with Crippen molar-refractivity contribution in [1.29, 1.82) is 0 Å². The predicted octanol–water partition coefficient (Wildman–Crippen LogP) is 3.43. The van der Waals surface area contributed by atoms with Gasteiger partial charge in [-0.05, 0) is 62.1 Å². The maximum atomic E-state index is 11.9. The van der Waals surface area contributed by atoms with Crippen LogP contribution in [-0.2, 0) is 9.59 Å². The Kier molecular flexibility index (Phi) is 4.61. The molecule has 0 unspecified atom stereocenters. The van der Waals surface area contributed by atoms with Crippen LogP contribution in [-0.4, -0.2) is 11.9 Å². The van der Waals surface area contributed by atoms with Crippen molar-refractivity contribution in [2.24, 2.45) is 0 Å². The zero-order valence-electron chi connectivity index (χ0n) is 13.1. The molecule has 0 aliphatic heterocycles. The molecule has 0 aromatic heterocycles. The van der Waals surface area contributed by atoms with Crippen LogP contribution in [0.2, 0.25) is 0 Å². The third-order valence-electron chi connectivity index (χ3n) is 3.26. The molecule has 0 aliphatic rings. The van der Waals surface area contributed by atoms with Crippen LogP contribution in [0.5, 0.6) is 11.5 Å². The van der Waals surface area contributed by atoms with Crippen LogP contribution >= 0.6 is 0 Å². The molecule has 4 nitrogen and oxygen atoms in total. The highest BCUT2D eigenvalue weighted by atomic mass is 16.6. The second-order valence-electron chi connectivity index (χ2n) is 5.32. The lowest BCUT2D eigenvalue weighted by Gasteiger charge is -2.09. The average Bonchev–Trinajstić information content (AvgIpc) is 2.46. The number of hydrogen-bond acceptors (Lipinski definition) is 4. The summed E-state index contributed by atoms with van der Waals surface area (Å²) in [5, 5.41) is 0. The van der Waals surface area contributed by atoms with E-state index in [9.17, 15) is 9.59 Å². The van der Waals surface area contributed by atoms with Gasteiger partial charge in [0.25, 0.3) is 0 Å². The molecule has 0 amide bonds. The smallest absolute Gasteiger partial charge is 0.418 e. The lowest BCUT2D eigenvalue weighted by molar-refractivity contribution is -0.156. The van der Waals surface area contributed by atoms with E-state index < -0.39 is 11.9 Å². The van der Waals surface area contributed by atoms with E-state index in [-0.39, 0.29) is 0 Å². The number of rotatable bonds is 2. The number of benzene rings is 2. The summed E-state index contributed by atoms with van der Waals surface area (Å²) in [6, 6.07) is 10.9. The van der Waals surface area contributed by atoms with E-state index in [0.29, 0.717) is 11.5 Å². The highest BCUT2D eigenvalue weighted by molar-refractivity contribution is 6.31. The Morgan fingerprint density at radius 2 is 1.05 bits per heavy atom. The van der Waals surface area contributed by atoms with Crippen molar-refractivity contribution in [1.82, 2.24) is 0 Å². The second-order valence-corrected chi connectivity index (χ2v) is 5.32. The molecule has 0 N–H and O–H groups in total. The molecule has 2 rings (SSSR count). The van der Waals surface area contributed by atoms with Crippen LogP contribution in [0.3, 0.4) is 0 Å². The monoisotopic (exact) mass is 298 g/mol. The minimum absolute atomic E-state index is 0.364. The summed E-state index contributed by atoms with van der Waals surface area (Å²) in [7, 11) is 0. The molecule has 0 atom stereocenters. The van der Waals surface area contributed by atoms with Gasteiger partial charge in [0.15, 0.2) is 0 Å². The van der Waals surface area contributed by atoms with Crippen molar-refractivity contribution < 1.29 is 19.1 Å². The minimum atomic E-state index is -1.03. The number of aryl methyl sites for hydroxylation is 4. The molecule has 0 aliphatic carbocycles. The van der Waals surface area contributed by atoms with Gasteiger partial charge in [-0.25, -0.2) is 9.59 Å². The fraction of sp³-hybridized carbons (Fsp3) is 0.222.